The van der Waals surface area contributed by atoms with Crippen molar-refractivity contribution in [1.29, 1.82) is 0 Å². The van der Waals surface area contributed by atoms with Gasteiger partial charge in [-0.3, -0.25) is 9.59 Å². The molecule has 0 saturated carbocycles. The maximum Gasteiger partial charge on any atom is 0.316 e. The van der Waals surface area contributed by atoms with Gasteiger partial charge in [0.05, 0.1) is 16.8 Å². The van der Waals surface area contributed by atoms with Crippen LogP contribution in [0.4, 0.5) is 5.69 Å². The number of aromatic nitrogens is 2. The number of ether oxygens (including phenoxy) is 1. The molecule has 0 bridgehead atoms. The minimum atomic E-state index is -0.411. The highest BCUT2D eigenvalue weighted by atomic mass is 32.2. The van der Waals surface area contributed by atoms with Crippen molar-refractivity contribution in [2.45, 2.75) is 31.5 Å². The lowest BCUT2D eigenvalue weighted by Crippen LogP contribution is -2.33. The van der Waals surface area contributed by atoms with E-state index in [-0.39, 0.29) is 18.3 Å². The van der Waals surface area contributed by atoms with Crippen LogP contribution in [0.2, 0.25) is 0 Å². The van der Waals surface area contributed by atoms with Crippen molar-refractivity contribution in [2.75, 3.05) is 23.8 Å². The van der Waals surface area contributed by atoms with Gasteiger partial charge in [0, 0.05) is 18.8 Å². The zero-order chi connectivity index (χ0) is 20.2. The zero-order valence-corrected chi connectivity index (χ0v) is 17.2. The predicted octanol–water partition coefficient (Wildman–Crippen LogP) is 3.67. The number of rotatable bonds is 7. The second-order valence-electron chi connectivity index (χ2n) is 6.91. The molecule has 2 heterocycles. The number of carbonyl (C=O) groups excluding carboxylic acids is 2. The number of aryl methyl sites for hydroxylation is 1. The quantitative estimate of drug-likeness (QED) is 0.440. The summed E-state index contributed by atoms with van der Waals surface area (Å²) >= 11 is 1.35. The van der Waals surface area contributed by atoms with Crippen molar-refractivity contribution in [1.82, 2.24) is 9.55 Å². The van der Waals surface area contributed by atoms with Crippen LogP contribution in [0.1, 0.15) is 18.9 Å². The van der Waals surface area contributed by atoms with E-state index in [0.29, 0.717) is 6.54 Å². The molecule has 150 valence electrons. The molecule has 1 aromatic heterocycles. The van der Waals surface area contributed by atoms with E-state index in [9.17, 15) is 9.59 Å². The summed E-state index contributed by atoms with van der Waals surface area (Å²) < 4.78 is 7.36. The van der Waals surface area contributed by atoms with Gasteiger partial charge in [0.1, 0.15) is 0 Å². The number of thioether (sulfide) groups is 1. The summed E-state index contributed by atoms with van der Waals surface area (Å²) in [6.45, 7) is 3.34. The molecule has 6 nitrogen and oxygen atoms in total. The highest BCUT2D eigenvalue weighted by Crippen LogP contribution is 2.27. The Bertz CT molecular complexity index is 1050. The maximum atomic E-state index is 12.5. The van der Waals surface area contributed by atoms with Crippen LogP contribution >= 0.6 is 11.8 Å². The molecule has 0 spiro atoms. The van der Waals surface area contributed by atoms with Gasteiger partial charge in [-0.2, -0.15) is 0 Å². The number of carbonyl (C=O) groups is 2. The van der Waals surface area contributed by atoms with Gasteiger partial charge in [0.15, 0.2) is 11.8 Å². The Balaban J connectivity index is 1.33. The summed E-state index contributed by atoms with van der Waals surface area (Å²) in [7, 11) is 0. The normalized spacial score (nSPS) is 12.9. The van der Waals surface area contributed by atoms with Crippen LogP contribution in [0.15, 0.2) is 53.7 Å². The minimum absolute atomic E-state index is 0.122. The Morgan fingerprint density at radius 3 is 2.79 bits per heavy atom. The Kier molecular flexibility index (Phi) is 5.85. The molecule has 0 fully saturated rings. The van der Waals surface area contributed by atoms with Crippen LogP contribution in [0.25, 0.3) is 11.0 Å². The Morgan fingerprint density at radius 2 is 1.93 bits per heavy atom. The van der Waals surface area contributed by atoms with Crippen LogP contribution in [0.5, 0.6) is 0 Å². The molecule has 7 heteroatoms. The number of hydrogen-bond donors (Lipinski definition) is 0. The first kappa shape index (κ1) is 19.5. The van der Waals surface area contributed by atoms with Crippen molar-refractivity contribution in [3.63, 3.8) is 0 Å². The van der Waals surface area contributed by atoms with Gasteiger partial charge in [0.2, 0.25) is 0 Å². The molecule has 1 aliphatic heterocycles. The van der Waals surface area contributed by atoms with E-state index in [4.69, 9.17) is 4.74 Å². The number of amides is 1. The lowest BCUT2D eigenvalue weighted by Gasteiger charge is -2.17. The van der Waals surface area contributed by atoms with Crippen LogP contribution in [0, 0.1) is 0 Å². The number of esters is 1. The van der Waals surface area contributed by atoms with Crippen LogP contribution < -0.4 is 4.90 Å². The Hall–Kier alpha value is -2.80. The van der Waals surface area contributed by atoms with Crippen molar-refractivity contribution in [2.24, 2.45) is 0 Å². The Labute approximate surface area is 173 Å². The van der Waals surface area contributed by atoms with Gasteiger partial charge in [0.25, 0.3) is 5.91 Å². The molecule has 0 aliphatic carbocycles. The molecule has 3 aromatic rings. The average molecular weight is 410 g/mol. The van der Waals surface area contributed by atoms with E-state index in [1.54, 1.807) is 4.90 Å². The summed E-state index contributed by atoms with van der Waals surface area (Å²) in [5.41, 5.74) is 4.04. The molecule has 0 atom stereocenters. The lowest BCUT2D eigenvalue weighted by atomic mass is 10.2. The van der Waals surface area contributed by atoms with Crippen molar-refractivity contribution >= 4 is 40.4 Å². The highest BCUT2D eigenvalue weighted by molar-refractivity contribution is 7.99. The van der Waals surface area contributed by atoms with E-state index in [2.05, 4.69) is 16.5 Å². The molecule has 0 unspecified atom stereocenters. The summed E-state index contributed by atoms with van der Waals surface area (Å²) in [6.07, 6.45) is 1.81. The van der Waals surface area contributed by atoms with E-state index in [1.165, 1.54) is 11.8 Å². The predicted molar refractivity (Wildman–Crippen MR) is 114 cm³/mol. The maximum absolute atomic E-state index is 12.5. The fraction of sp³-hybridized carbons (Fsp3) is 0.318. The molecule has 1 amide bonds. The number of hydrogen-bond acceptors (Lipinski definition) is 5. The number of fused-ring (bicyclic) bond motifs is 2. The van der Waals surface area contributed by atoms with Gasteiger partial charge in [-0.25, -0.2) is 4.98 Å². The van der Waals surface area contributed by atoms with Crippen LogP contribution in [0.3, 0.4) is 0 Å². The second kappa shape index (κ2) is 8.69. The monoisotopic (exact) mass is 409 g/mol. The molecular weight excluding hydrogens is 386 g/mol. The van der Waals surface area contributed by atoms with Gasteiger partial charge in [-0.1, -0.05) is 49.0 Å². The second-order valence-corrected chi connectivity index (χ2v) is 7.85. The minimum Gasteiger partial charge on any atom is -0.455 e. The molecule has 0 N–H and O–H groups in total. The summed E-state index contributed by atoms with van der Waals surface area (Å²) in [5, 5.41) is 0.796. The van der Waals surface area contributed by atoms with E-state index in [0.717, 1.165) is 46.8 Å². The molecular formula is C22H23N3O3S. The number of imidazole rings is 1. The highest BCUT2D eigenvalue weighted by Gasteiger charge is 2.25. The van der Waals surface area contributed by atoms with Gasteiger partial charge < -0.3 is 14.2 Å². The molecule has 4 rings (SSSR count). The molecule has 0 saturated heterocycles. The third-order valence-electron chi connectivity index (χ3n) is 4.93. The first-order chi connectivity index (χ1) is 14.2. The summed E-state index contributed by atoms with van der Waals surface area (Å²) in [6, 6.07) is 15.8. The molecule has 2 aromatic carbocycles. The largest absolute Gasteiger partial charge is 0.455 e. The molecule has 1 aliphatic rings. The first-order valence-corrected chi connectivity index (χ1v) is 10.8. The van der Waals surface area contributed by atoms with E-state index < -0.39 is 5.97 Å². The lowest BCUT2D eigenvalue weighted by molar-refractivity contribution is -0.145. The van der Waals surface area contributed by atoms with Gasteiger partial charge >= 0.3 is 5.97 Å². The SMILES string of the molecule is CCCn1c(SCC(=O)OCC(=O)N2CCc3ccccc32)nc2ccccc21. The number of nitrogens with zero attached hydrogens (tertiary/aromatic N) is 3. The van der Waals surface area contributed by atoms with Gasteiger partial charge in [-0.15, -0.1) is 0 Å². The standard InChI is InChI=1S/C22H23N3O3S/c1-2-12-25-19-10-6-4-8-17(19)23-22(25)29-15-21(27)28-14-20(26)24-13-11-16-7-3-5-9-18(16)24/h3-10H,2,11-15H2,1H3. The number of anilines is 1. The Morgan fingerprint density at radius 1 is 1.14 bits per heavy atom. The number of benzene rings is 2. The zero-order valence-electron chi connectivity index (χ0n) is 16.3. The number of para-hydroxylation sites is 3. The smallest absolute Gasteiger partial charge is 0.316 e. The van der Waals surface area contributed by atoms with Crippen molar-refractivity contribution in [3.05, 3.63) is 54.1 Å². The molecule has 0 radical (unpaired) electrons. The third kappa shape index (κ3) is 4.15. The first-order valence-electron chi connectivity index (χ1n) is 9.79. The average Bonchev–Trinajstić information content (AvgIpc) is 3.33. The third-order valence-corrected chi connectivity index (χ3v) is 5.88. The van der Waals surface area contributed by atoms with Crippen LogP contribution in [-0.2, 0) is 27.3 Å². The van der Waals surface area contributed by atoms with E-state index in [1.807, 2.05) is 48.5 Å². The van der Waals surface area contributed by atoms with Gasteiger partial charge in [-0.05, 0) is 36.6 Å². The summed E-state index contributed by atoms with van der Waals surface area (Å²) in [5.74, 6) is -0.478. The van der Waals surface area contributed by atoms with Crippen molar-refractivity contribution < 1.29 is 14.3 Å². The topological polar surface area (TPSA) is 64.4 Å². The van der Waals surface area contributed by atoms with E-state index >= 15 is 0 Å². The van der Waals surface area contributed by atoms with Crippen LogP contribution in [-0.4, -0.2) is 40.3 Å². The summed E-state index contributed by atoms with van der Waals surface area (Å²) in [4.78, 5) is 31.0. The molecule has 29 heavy (non-hydrogen) atoms. The fourth-order valence-corrected chi connectivity index (χ4v) is 4.42. The fourth-order valence-electron chi connectivity index (χ4n) is 3.59. The van der Waals surface area contributed by atoms with Crippen molar-refractivity contribution in [3.8, 4) is 0 Å².